The van der Waals surface area contributed by atoms with Crippen LogP contribution < -0.4 is 0 Å². The Labute approximate surface area is 83.6 Å². The maximum Gasteiger partial charge on any atom is 0.338 e. The molecule has 0 atom stereocenters. The molecule has 1 saturated heterocycles. The molecule has 0 aromatic rings. The normalized spacial score (nSPS) is 19.6. The van der Waals surface area contributed by atoms with E-state index in [9.17, 15) is 9.59 Å². The van der Waals surface area contributed by atoms with Crippen LogP contribution in [0.15, 0.2) is 0 Å². The van der Waals surface area contributed by atoms with Crippen molar-refractivity contribution >= 4 is 20.5 Å². The van der Waals surface area contributed by atoms with Crippen LogP contribution in [0.1, 0.15) is 12.8 Å². The number of rotatable bonds is 3. The van der Waals surface area contributed by atoms with Crippen molar-refractivity contribution in [2.24, 2.45) is 0 Å². The number of esters is 2. The van der Waals surface area contributed by atoms with Gasteiger partial charge in [-0.1, -0.05) is 0 Å². The molecule has 1 rings (SSSR count). The average molecular weight is 218 g/mol. The third-order valence-corrected chi connectivity index (χ3v) is 6.12. The van der Waals surface area contributed by atoms with Crippen LogP contribution in [-0.4, -0.2) is 34.7 Å². The molecule has 0 radical (unpaired) electrons. The second kappa shape index (κ2) is 4.20. The Kier molecular flexibility index (Phi) is 3.41. The zero-order chi connectivity index (χ0) is 10.8. The van der Waals surface area contributed by atoms with Gasteiger partial charge in [0.2, 0.25) is 0 Å². The summed E-state index contributed by atoms with van der Waals surface area (Å²) in [5.74, 6) is -0.974. The lowest BCUT2D eigenvalue weighted by atomic mass is 10.2. The summed E-state index contributed by atoms with van der Waals surface area (Å²) in [6, 6.07) is 0. The van der Waals surface area contributed by atoms with Crippen LogP contribution in [0.3, 0.4) is 0 Å². The molecule has 1 fully saturated rings. The van der Waals surface area contributed by atoms with Crippen LogP contribution in [0.25, 0.3) is 0 Å². The fraction of sp³-hybridized carbons (Fsp3) is 0.750. The van der Waals surface area contributed by atoms with Gasteiger partial charge in [0, 0.05) is 19.8 Å². The molecule has 0 amide bonds. The van der Waals surface area contributed by atoms with Gasteiger partial charge in [-0.05, 0) is 6.55 Å². The minimum absolute atomic E-state index is 0.147. The van der Waals surface area contributed by atoms with E-state index in [1.54, 1.807) is 14.2 Å². The van der Waals surface area contributed by atoms with Gasteiger partial charge in [-0.15, -0.1) is 0 Å². The second-order valence-corrected chi connectivity index (χ2v) is 7.04. The Morgan fingerprint density at radius 3 is 2.00 bits per heavy atom. The molecule has 1 aliphatic rings. The second-order valence-electron chi connectivity index (χ2n) is 3.38. The molecule has 14 heavy (non-hydrogen) atoms. The Balaban J connectivity index is 2.76. The highest BCUT2D eigenvalue weighted by atomic mass is 28.4. The fourth-order valence-electron chi connectivity index (χ4n) is 1.47. The number of carbonyl (C=O) groups excluding carboxylic acids is 2. The average Bonchev–Trinajstić information content (AvgIpc) is 2.15. The topological polar surface area (TPSA) is 61.8 Å². The highest BCUT2D eigenvalue weighted by Gasteiger charge is 2.45. The number of carbonyl (C=O) groups is 2. The maximum atomic E-state index is 11.0. The Morgan fingerprint density at radius 2 is 1.64 bits per heavy atom. The molecule has 0 saturated carbocycles. The van der Waals surface area contributed by atoms with Gasteiger partial charge in [-0.25, -0.2) is 0 Å². The van der Waals surface area contributed by atoms with Crippen LogP contribution in [-0.2, 0) is 23.2 Å². The zero-order valence-corrected chi connectivity index (χ0v) is 9.53. The van der Waals surface area contributed by atoms with E-state index in [0.29, 0.717) is 0 Å². The van der Waals surface area contributed by atoms with Gasteiger partial charge in [-0.2, -0.15) is 0 Å². The van der Waals surface area contributed by atoms with Crippen LogP contribution in [0, 0.1) is 0 Å². The molecular weight excluding hydrogens is 204 g/mol. The molecular formula is C8H14O5Si. The molecule has 0 unspecified atom stereocenters. The highest BCUT2D eigenvalue weighted by Crippen LogP contribution is 2.33. The number of cyclic esters (lactones) is 2. The molecule has 5 nitrogen and oxygen atoms in total. The molecule has 0 aromatic heterocycles. The molecule has 0 aromatic carbocycles. The minimum Gasteiger partial charge on any atom is -0.398 e. The summed E-state index contributed by atoms with van der Waals surface area (Å²) in [4.78, 5) is 22.1. The van der Waals surface area contributed by atoms with E-state index in [1.807, 2.05) is 6.55 Å². The molecule has 1 aliphatic heterocycles. The summed E-state index contributed by atoms with van der Waals surface area (Å²) in [6.07, 6.45) is 0.409. The smallest absolute Gasteiger partial charge is 0.338 e. The quantitative estimate of drug-likeness (QED) is 0.394. The zero-order valence-electron chi connectivity index (χ0n) is 8.53. The van der Waals surface area contributed by atoms with Gasteiger partial charge in [-0.3, -0.25) is 9.59 Å². The van der Waals surface area contributed by atoms with Gasteiger partial charge >= 0.3 is 20.5 Å². The predicted molar refractivity (Wildman–Crippen MR) is 49.7 cm³/mol. The van der Waals surface area contributed by atoms with E-state index in [1.165, 1.54) is 0 Å². The van der Waals surface area contributed by atoms with Gasteiger partial charge in [0.1, 0.15) is 0 Å². The number of ether oxygens (including phenoxy) is 1. The lowest BCUT2D eigenvalue weighted by Crippen LogP contribution is -2.45. The van der Waals surface area contributed by atoms with Crippen molar-refractivity contribution in [3.63, 3.8) is 0 Å². The largest absolute Gasteiger partial charge is 0.398 e. The van der Waals surface area contributed by atoms with Crippen molar-refractivity contribution in [3.05, 3.63) is 0 Å². The standard InChI is InChI=1S/C8H14O5Si/c1-11-14(3,12-2)6-4-7(9)13-8(10)5-6/h6H,4-5H2,1-3H3. The summed E-state index contributed by atoms with van der Waals surface area (Å²) < 4.78 is 15.0. The van der Waals surface area contributed by atoms with Crippen LogP contribution in [0.4, 0.5) is 0 Å². The van der Waals surface area contributed by atoms with Gasteiger partial charge in [0.05, 0.1) is 12.8 Å². The SMILES string of the molecule is CO[Si](C)(OC)C1CC(=O)OC(=O)C1. The number of hydrogen-bond donors (Lipinski definition) is 0. The molecule has 0 spiro atoms. The summed E-state index contributed by atoms with van der Waals surface area (Å²) >= 11 is 0. The van der Waals surface area contributed by atoms with E-state index >= 15 is 0 Å². The van der Waals surface area contributed by atoms with Crippen molar-refractivity contribution in [1.82, 2.24) is 0 Å². The van der Waals surface area contributed by atoms with E-state index in [-0.39, 0.29) is 18.4 Å². The third-order valence-electron chi connectivity index (χ3n) is 2.61. The van der Waals surface area contributed by atoms with Crippen LogP contribution in [0.5, 0.6) is 0 Å². The Morgan fingerprint density at radius 1 is 1.21 bits per heavy atom. The van der Waals surface area contributed by atoms with Crippen molar-refractivity contribution in [1.29, 1.82) is 0 Å². The summed E-state index contributed by atoms with van der Waals surface area (Å²) in [7, 11) is 0.682. The first-order chi connectivity index (χ1) is 6.51. The predicted octanol–water partition coefficient (Wildman–Crippen LogP) is 0.585. The minimum atomic E-state index is -2.40. The lowest BCUT2D eigenvalue weighted by molar-refractivity contribution is -0.163. The highest BCUT2D eigenvalue weighted by molar-refractivity contribution is 6.68. The number of hydrogen-bond acceptors (Lipinski definition) is 5. The summed E-state index contributed by atoms with van der Waals surface area (Å²) in [5, 5.41) is 0. The summed E-state index contributed by atoms with van der Waals surface area (Å²) in [6.45, 7) is 1.84. The molecule has 0 N–H and O–H groups in total. The molecule has 80 valence electrons. The molecule has 6 heteroatoms. The molecule has 0 bridgehead atoms. The first-order valence-corrected chi connectivity index (χ1v) is 6.75. The van der Waals surface area contributed by atoms with Crippen molar-refractivity contribution in [2.75, 3.05) is 14.2 Å². The third kappa shape index (κ3) is 2.20. The van der Waals surface area contributed by atoms with E-state index in [2.05, 4.69) is 4.74 Å². The Hall–Kier alpha value is -0.723. The monoisotopic (exact) mass is 218 g/mol. The van der Waals surface area contributed by atoms with Gasteiger partial charge in [0.15, 0.2) is 0 Å². The van der Waals surface area contributed by atoms with E-state index < -0.39 is 20.5 Å². The lowest BCUT2D eigenvalue weighted by Gasteiger charge is -2.32. The van der Waals surface area contributed by atoms with Gasteiger partial charge in [0.25, 0.3) is 0 Å². The van der Waals surface area contributed by atoms with Crippen molar-refractivity contribution < 1.29 is 23.2 Å². The van der Waals surface area contributed by atoms with Crippen LogP contribution >= 0.6 is 0 Å². The van der Waals surface area contributed by atoms with Gasteiger partial charge < -0.3 is 13.6 Å². The summed E-state index contributed by atoms with van der Waals surface area (Å²) in [5.41, 5.74) is -0.147. The first kappa shape index (κ1) is 11.4. The Bertz CT molecular complexity index is 232. The van der Waals surface area contributed by atoms with Crippen molar-refractivity contribution in [2.45, 2.75) is 24.9 Å². The molecule has 0 aliphatic carbocycles. The van der Waals surface area contributed by atoms with E-state index in [4.69, 9.17) is 8.85 Å². The fourth-order valence-corrected chi connectivity index (χ4v) is 3.38. The maximum absolute atomic E-state index is 11.0. The van der Waals surface area contributed by atoms with Crippen LogP contribution in [0.2, 0.25) is 12.1 Å². The van der Waals surface area contributed by atoms with Crippen molar-refractivity contribution in [3.8, 4) is 0 Å². The molecule has 1 heterocycles. The first-order valence-electron chi connectivity index (χ1n) is 4.35. The van der Waals surface area contributed by atoms with E-state index in [0.717, 1.165) is 0 Å².